The van der Waals surface area contributed by atoms with Crippen LogP contribution in [0.25, 0.3) is 21.8 Å². The molecule has 16 N–H and O–H groups in total. The smallest absolute Gasteiger partial charge is 0.303 e. The summed E-state index contributed by atoms with van der Waals surface area (Å²) in [6.07, 6.45) is 3.03. The quantitative estimate of drug-likeness (QED) is 0.0730. The number of aromatic amines is 3. The third kappa shape index (κ3) is 18.5. The second-order valence-electron chi connectivity index (χ2n) is 21.6. The lowest BCUT2D eigenvalue weighted by Crippen LogP contribution is -2.60. The highest BCUT2D eigenvalue weighted by molar-refractivity contribution is 5.98. The first-order valence-corrected chi connectivity index (χ1v) is 28.6. The van der Waals surface area contributed by atoms with Crippen molar-refractivity contribution in [3.05, 3.63) is 155 Å². The maximum Gasteiger partial charge on any atom is 0.303 e. The van der Waals surface area contributed by atoms with Gasteiger partial charge in [-0.1, -0.05) is 36.4 Å². The topological polar surface area (TPSA) is 397 Å². The number of fused-ring (bicyclic) bond motifs is 32. The molecular weight excluding hydrogens is 1140 g/mol. The van der Waals surface area contributed by atoms with Gasteiger partial charge in [0.05, 0.1) is 12.9 Å². The lowest BCUT2D eigenvalue weighted by atomic mass is 10.0. The number of rotatable bonds is 13. The molecule has 27 heteroatoms. The molecule has 5 heterocycles. The van der Waals surface area contributed by atoms with Gasteiger partial charge < -0.3 is 73.2 Å². The molecule has 8 amide bonds. The lowest BCUT2D eigenvalue weighted by Gasteiger charge is -2.27. The molecule has 88 heavy (non-hydrogen) atoms. The number of benzene rings is 4. The van der Waals surface area contributed by atoms with Crippen molar-refractivity contribution in [2.75, 3.05) is 6.54 Å². The number of phenols is 1. The molecule has 2 aliphatic heterocycles. The number of imidazole rings is 1. The van der Waals surface area contributed by atoms with Crippen molar-refractivity contribution in [1.82, 2.24) is 62.5 Å². The highest BCUT2D eigenvalue weighted by Gasteiger charge is 2.35. The first kappa shape index (κ1) is 64.0. The summed E-state index contributed by atoms with van der Waals surface area (Å²) in [7, 11) is 0. The third-order valence-electron chi connectivity index (χ3n) is 15.0. The SMILES string of the molecule is NC(=O)[C@@H]1Cc2ccc(cc2)CNC(=O)CCCCC(O)NCC(=O)N[C@@H](Cc2c[nH]c3ccc(F)cc23)C(=O)N[C@@H](Cc2c[nH]c3ccc(F)cc23)C(=O)N[C@@H](CCC(=O)O)C(=O)N[C@@H](Cc2cnc[nH]2)C(=O)N[C@@H](CCc2ccc(O)cc2)C(=O)N1. The average molecular weight is 1210 g/mol. The number of carbonyl (C=O) groups excluding carboxylic acids is 8. The second-order valence-corrected chi connectivity index (χ2v) is 21.6. The molecule has 0 radical (unpaired) electrons. The Morgan fingerprint density at radius 1 is 0.602 bits per heavy atom. The summed E-state index contributed by atoms with van der Waals surface area (Å²) in [5.41, 5.74) is 9.69. The number of amides is 8. The molecule has 3 aromatic heterocycles. The average Bonchev–Trinajstić information content (AvgIpc) is 2.44. The van der Waals surface area contributed by atoms with Crippen molar-refractivity contribution < 1.29 is 67.3 Å². The molecule has 9 rings (SSSR count). The molecular formula is C61H69F2N13O12. The van der Waals surface area contributed by atoms with Crippen molar-refractivity contribution in [3.63, 3.8) is 0 Å². The van der Waals surface area contributed by atoms with Crippen molar-refractivity contribution >= 4 is 75.0 Å². The molecule has 0 saturated carbocycles. The number of nitrogens with zero attached hydrogens (tertiary/aromatic N) is 1. The van der Waals surface area contributed by atoms with Crippen LogP contribution in [0.4, 0.5) is 8.78 Å². The van der Waals surface area contributed by atoms with Crippen LogP contribution < -0.4 is 48.3 Å². The van der Waals surface area contributed by atoms with Gasteiger partial charge in [-0.25, -0.2) is 13.8 Å². The summed E-state index contributed by atoms with van der Waals surface area (Å²) in [4.78, 5) is 138. The number of primary amides is 1. The number of carboxylic acids is 1. The van der Waals surface area contributed by atoms with Crippen molar-refractivity contribution in [3.8, 4) is 5.75 Å². The second kappa shape index (κ2) is 30.4. The zero-order valence-electron chi connectivity index (χ0n) is 47.6. The van der Waals surface area contributed by atoms with Crippen LogP contribution >= 0.6 is 0 Å². The zero-order chi connectivity index (χ0) is 62.9. The number of aliphatic hydroxyl groups is 1. The van der Waals surface area contributed by atoms with Gasteiger partial charge in [-0.05, 0) is 115 Å². The van der Waals surface area contributed by atoms with Crippen molar-refractivity contribution in [1.29, 1.82) is 0 Å². The number of nitrogens with two attached hydrogens (primary N) is 1. The summed E-state index contributed by atoms with van der Waals surface area (Å²) < 4.78 is 29.5. The Morgan fingerprint density at radius 2 is 1.15 bits per heavy atom. The van der Waals surface area contributed by atoms with Gasteiger partial charge in [-0.3, -0.25) is 48.5 Å². The molecule has 0 spiro atoms. The minimum atomic E-state index is -1.76. The fraction of sp³-hybridized carbons (Fsp3) is 0.344. The summed E-state index contributed by atoms with van der Waals surface area (Å²) in [5.74, 6) is -9.55. The van der Waals surface area contributed by atoms with Gasteiger partial charge >= 0.3 is 5.97 Å². The summed E-state index contributed by atoms with van der Waals surface area (Å²) in [6.45, 7) is -0.371. The van der Waals surface area contributed by atoms with Crippen molar-refractivity contribution in [2.24, 2.45) is 5.73 Å². The van der Waals surface area contributed by atoms with Crippen LogP contribution in [0.2, 0.25) is 0 Å². The maximum absolute atomic E-state index is 14.9. The predicted octanol–water partition coefficient (Wildman–Crippen LogP) is 1.62. The summed E-state index contributed by atoms with van der Waals surface area (Å²) in [5, 5.41) is 52.7. The molecule has 7 atom stereocenters. The Labute approximate surface area is 502 Å². The fourth-order valence-corrected chi connectivity index (χ4v) is 10.2. The molecule has 0 aliphatic carbocycles. The molecule has 4 aromatic carbocycles. The predicted molar refractivity (Wildman–Crippen MR) is 315 cm³/mol. The number of nitrogens with one attached hydrogen (secondary N) is 11. The van der Waals surface area contributed by atoms with E-state index in [0.717, 1.165) is 0 Å². The minimum absolute atomic E-state index is 0.0254. The van der Waals surface area contributed by atoms with E-state index < -0.39 is 127 Å². The number of halogens is 2. The van der Waals surface area contributed by atoms with E-state index in [1.807, 2.05) is 0 Å². The van der Waals surface area contributed by atoms with Gasteiger partial charge in [0, 0.05) is 91.2 Å². The van der Waals surface area contributed by atoms with Gasteiger partial charge in [0.1, 0.15) is 59.9 Å². The number of hydrogen-bond acceptors (Lipinski definition) is 13. The number of aliphatic hydroxyl groups excluding tert-OH is 1. The number of aliphatic carboxylic acids is 1. The molecule has 464 valence electrons. The lowest BCUT2D eigenvalue weighted by molar-refractivity contribution is -0.138. The monoisotopic (exact) mass is 1210 g/mol. The number of carboxylic acid groups (broad SMARTS) is 1. The Kier molecular flexibility index (Phi) is 22.1. The van der Waals surface area contributed by atoms with Crippen LogP contribution in [-0.2, 0) is 81.8 Å². The van der Waals surface area contributed by atoms with Gasteiger partial charge in [-0.2, -0.15) is 0 Å². The van der Waals surface area contributed by atoms with Crippen LogP contribution in [0.15, 0.2) is 110 Å². The summed E-state index contributed by atoms with van der Waals surface area (Å²) in [6, 6.07) is 11.4. The number of phenolic OH excluding ortho intramolecular Hbond substituents is 1. The fourth-order valence-electron chi connectivity index (χ4n) is 10.2. The molecule has 0 saturated heterocycles. The van der Waals surface area contributed by atoms with E-state index in [-0.39, 0.29) is 63.1 Å². The normalized spacial score (nSPS) is 21.3. The van der Waals surface area contributed by atoms with E-state index in [4.69, 9.17) is 5.73 Å². The zero-order valence-corrected chi connectivity index (χ0v) is 47.6. The largest absolute Gasteiger partial charge is 0.508 e. The molecule has 2 bridgehead atoms. The van der Waals surface area contributed by atoms with Gasteiger partial charge in [0.15, 0.2) is 0 Å². The minimum Gasteiger partial charge on any atom is -0.508 e. The number of aryl methyl sites for hydroxylation is 1. The maximum atomic E-state index is 14.9. The van der Waals surface area contributed by atoms with Crippen LogP contribution in [0.1, 0.15) is 78.5 Å². The molecule has 25 nitrogen and oxygen atoms in total. The third-order valence-corrected chi connectivity index (χ3v) is 15.0. The van der Waals surface area contributed by atoms with E-state index in [1.165, 1.54) is 73.4 Å². The van der Waals surface area contributed by atoms with Crippen LogP contribution in [0.5, 0.6) is 5.75 Å². The molecule has 2 aliphatic rings. The summed E-state index contributed by atoms with van der Waals surface area (Å²) >= 11 is 0. The van der Waals surface area contributed by atoms with E-state index in [1.54, 1.807) is 36.4 Å². The van der Waals surface area contributed by atoms with Gasteiger partial charge in [-0.15, -0.1) is 0 Å². The number of hydrogen-bond donors (Lipinski definition) is 15. The first-order valence-electron chi connectivity index (χ1n) is 28.6. The first-order chi connectivity index (χ1) is 42.2. The van der Waals surface area contributed by atoms with Crippen LogP contribution in [0.3, 0.4) is 0 Å². The molecule has 0 fully saturated rings. The number of H-pyrrole nitrogens is 3. The van der Waals surface area contributed by atoms with E-state index in [9.17, 15) is 67.3 Å². The highest BCUT2D eigenvalue weighted by Crippen LogP contribution is 2.24. The highest BCUT2D eigenvalue weighted by atomic mass is 19.1. The number of aromatic hydroxyl groups is 1. The van der Waals surface area contributed by atoms with Crippen LogP contribution in [-0.4, -0.2) is 138 Å². The van der Waals surface area contributed by atoms with E-state index in [0.29, 0.717) is 68.2 Å². The Balaban J connectivity index is 1.13. The van der Waals surface area contributed by atoms with E-state index >= 15 is 0 Å². The van der Waals surface area contributed by atoms with Gasteiger partial charge in [0.2, 0.25) is 47.3 Å². The van der Waals surface area contributed by atoms with Gasteiger partial charge in [0.25, 0.3) is 0 Å². The Hall–Kier alpha value is -10.0. The molecule has 7 aromatic rings. The molecule has 1 unspecified atom stereocenters. The number of carbonyl (C=O) groups is 9. The number of aromatic nitrogens is 4. The van der Waals surface area contributed by atoms with Crippen molar-refractivity contribution in [2.45, 2.75) is 126 Å². The van der Waals surface area contributed by atoms with E-state index in [2.05, 4.69) is 62.5 Å². The standard InChI is InChI=1S/C61H69F2N13O12/c62-38-12-17-44-42(24-38)36(28-66-44)22-49-59(86)75-50(23-37-29-67-45-18-13-39(63)25-43(37)45)60(87)73-47(19-20-55(81)82)58(85)76-51(26-40-30-65-32-70-40)61(88)72-46(16-11-33-9-14-41(77)15-10-33)57(84)74-48(56(64)83)21-34-5-7-35(8-6-34)27-68-52(78)3-1-2-4-53(79)69-31-54(80)71-49/h5-10,12-15,17-18,24-25,28-30,32,46-51,53,66-67,69,77,79H,1-4,11,16,19-23,26-27,31H2,(H2,64,83)(H,65,70)(H,68,78)(H,71,80)(H,72,88)(H,73,87)(H,74,84)(H,75,86)(H,76,85)(H,81,82)/t46-,47-,48-,49-,50-,51-,53?/m0/s1. The Morgan fingerprint density at radius 3 is 1.73 bits per heavy atom. The Bertz CT molecular complexity index is 3620. The van der Waals surface area contributed by atoms with Crippen LogP contribution in [0, 0.1) is 11.6 Å².